The smallest absolute Gasteiger partial charge is 0.238 e. The summed E-state index contributed by atoms with van der Waals surface area (Å²) in [5.41, 5.74) is 1.65. The number of hydrogen-bond donors (Lipinski definition) is 3. The molecule has 0 aliphatic carbocycles. The first-order valence-electron chi connectivity index (χ1n) is 6.15. The highest BCUT2D eigenvalue weighted by molar-refractivity contribution is 7.89. The summed E-state index contributed by atoms with van der Waals surface area (Å²) in [5, 5.41) is 17.9. The van der Waals surface area contributed by atoms with Gasteiger partial charge < -0.3 is 10.4 Å². The minimum atomic E-state index is -3.68. The van der Waals surface area contributed by atoms with Crippen molar-refractivity contribution in [1.82, 2.24) is 0 Å². The molecule has 0 aliphatic rings. The third-order valence-corrected chi connectivity index (χ3v) is 4.27. The van der Waals surface area contributed by atoms with Crippen molar-refractivity contribution >= 4 is 27.3 Å². The average Bonchev–Trinajstić information content (AvgIpc) is 2.42. The lowest BCUT2D eigenvalue weighted by Crippen LogP contribution is -2.12. The maximum Gasteiger partial charge on any atom is 0.238 e. The van der Waals surface area contributed by atoms with Crippen molar-refractivity contribution in [1.29, 1.82) is 0 Å². The highest BCUT2D eigenvalue weighted by atomic mass is 35.5. The molecule has 1 unspecified atom stereocenters. The van der Waals surface area contributed by atoms with Crippen LogP contribution in [0.15, 0.2) is 47.4 Å². The Morgan fingerprint density at radius 1 is 1.19 bits per heavy atom. The van der Waals surface area contributed by atoms with E-state index in [-0.39, 0.29) is 21.7 Å². The number of sulfonamides is 1. The number of anilines is 1. The predicted octanol–water partition coefficient (Wildman–Crippen LogP) is 2.87. The van der Waals surface area contributed by atoms with Crippen LogP contribution in [0.2, 0.25) is 5.02 Å². The van der Waals surface area contributed by atoms with Crippen LogP contribution in [0, 0.1) is 0 Å². The van der Waals surface area contributed by atoms with Crippen LogP contribution in [0.5, 0.6) is 5.75 Å². The summed E-state index contributed by atoms with van der Waals surface area (Å²) < 4.78 is 22.4. The van der Waals surface area contributed by atoms with Gasteiger partial charge in [0.2, 0.25) is 10.0 Å². The van der Waals surface area contributed by atoms with Crippen molar-refractivity contribution in [2.75, 3.05) is 5.32 Å². The summed E-state index contributed by atoms with van der Waals surface area (Å²) in [6, 6.07) is 11.1. The molecule has 0 spiro atoms. The first-order chi connectivity index (χ1) is 9.77. The van der Waals surface area contributed by atoms with Crippen LogP contribution in [0.25, 0.3) is 0 Å². The molecule has 0 aliphatic heterocycles. The maximum absolute atomic E-state index is 11.2. The highest BCUT2D eigenvalue weighted by Gasteiger charge is 2.10. The molecule has 1 atom stereocenters. The number of halogens is 1. The van der Waals surface area contributed by atoms with Gasteiger partial charge in [-0.25, -0.2) is 13.6 Å². The maximum atomic E-state index is 11.2. The van der Waals surface area contributed by atoms with Crippen molar-refractivity contribution in [3.8, 4) is 5.75 Å². The lowest BCUT2D eigenvalue weighted by atomic mass is 10.1. The van der Waals surface area contributed by atoms with E-state index < -0.39 is 10.0 Å². The third-order valence-electron chi connectivity index (χ3n) is 3.04. The van der Waals surface area contributed by atoms with E-state index in [1.54, 1.807) is 24.3 Å². The summed E-state index contributed by atoms with van der Waals surface area (Å²) in [4.78, 5) is 0.0751. The number of benzene rings is 2. The number of aromatic hydroxyl groups is 1. The van der Waals surface area contributed by atoms with E-state index in [0.717, 1.165) is 11.3 Å². The van der Waals surface area contributed by atoms with Gasteiger partial charge in [0, 0.05) is 11.7 Å². The van der Waals surface area contributed by atoms with Gasteiger partial charge in [-0.05, 0) is 42.8 Å². The molecule has 112 valence electrons. The van der Waals surface area contributed by atoms with Crippen LogP contribution in [-0.4, -0.2) is 13.5 Å². The zero-order valence-corrected chi connectivity index (χ0v) is 12.8. The molecule has 4 N–H and O–H groups in total. The van der Waals surface area contributed by atoms with Gasteiger partial charge in [-0.3, -0.25) is 0 Å². The molecule has 2 rings (SSSR count). The van der Waals surface area contributed by atoms with Crippen LogP contribution in [0.1, 0.15) is 18.5 Å². The topological polar surface area (TPSA) is 92.4 Å². The van der Waals surface area contributed by atoms with E-state index in [1.165, 1.54) is 18.2 Å². The first kappa shape index (κ1) is 15.6. The summed E-state index contributed by atoms with van der Waals surface area (Å²) in [5.74, 6) is 0.0207. The quantitative estimate of drug-likeness (QED) is 0.753. The number of hydrogen-bond acceptors (Lipinski definition) is 4. The largest absolute Gasteiger partial charge is 0.506 e. The lowest BCUT2D eigenvalue weighted by Gasteiger charge is -2.16. The molecule has 5 nitrogen and oxygen atoms in total. The van der Waals surface area contributed by atoms with Crippen LogP contribution < -0.4 is 10.5 Å². The van der Waals surface area contributed by atoms with Crippen molar-refractivity contribution in [3.63, 3.8) is 0 Å². The van der Waals surface area contributed by atoms with Crippen molar-refractivity contribution < 1.29 is 13.5 Å². The molecule has 21 heavy (non-hydrogen) atoms. The number of phenols is 1. The fourth-order valence-corrected chi connectivity index (χ4v) is 2.57. The van der Waals surface area contributed by atoms with Crippen LogP contribution in [0.3, 0.4) is 0 Å². The second-order valence-electron chi connectivity index (χ2n) is 4.65. The Bertz CT molecular complexity index is 745. The number of nitrogens with two attached hydrogens (primary N) is 1. The second-order valence-corrected chi connectivity index (χ2v) is 6.61. The van der Waals surface area contributed by atoms with Gasteiger partial charge in [0.15, 0.2) is 0 Å². The molecule has 0 heterocycles. The third kappa shape index (κ3) is 3.87. The van der Waals surface area contributed by atoms with E-state index in [2.05, 4.69) is 5.32 Å². The van der Waals surface area contributed by atoms with E-state index >= 15 is 0 Å². The number of nitrogens with one attached hydrogen (secondary N) is 1. The van der Waals surface area contributed by atoms with E-state index in [4.69, 9.17) is 16.7 Å². The minimum Gasteiger partial charge on any atom is -0.506 e. The molecular weight excluding hydrogens is 312 g/mol. The van der Waals surface area contributed by atoms with Gasteiger partial charge >= 0.3 is 0 Å². The van der Waals surface area contributed by atoms with Crippen molar-refractivity contribution in [2.24, 2.45) is 5.14 Å². The van der Waals surface area contributed by atoms with Gasteiger partial charge in [0.25, 0.3) is 0 Å². The molecule has 0 amide bonds. The normalized spacial score (nSPS) is 12.9. The fourth-order valence-electron chi connectivity index (χ4n) is 1.88. The van der Waals surface area contributed by atoms with E-state index in [1.807, 2.05) is 6.92 Å². The Hall–Kier alpha value is -1.76. The highest BCUT2D eigenvalue weighted by Crippen LogP contribution is 2.28. The Balaban J connectivity index is 2.16. The SMILES string of the molecule is CC(Nc1ccc(O)c(Cl)c1)c1ccc(S(N)(=O)=O)cc1. The zero-order valence-electron chi connectivity index (χ0n) is 11.2. The molecule has 0 aromatic heterocycles. The molecule has 0 saturated heterocycles. The van der Waals surface area contributed by atoms with E-state index in [9.17, 15) is 13.5 Å². The van der Waals surface area contributed by atoms with Gasteiger partial charge in [-0.1, -0.05) is 23.7 Å². The molecule has 0 fully saturated rings. The summed E-state index contributed by atoms with van der Waals surface area (Å²) in [7, 11) is -3.68. The molecule has 7 heteroatoms. The second kappa shape index (κ2) is 5.93. The van der Waals surface area contributed by atoms with Gasteiger partial charge in [-0.2, -0.15) is 0 Å². The number of rotatable bonds is 4. The molecular formula is C14H15ClN2O3S. The van der Waals surface area contributed by atoms with Gasteiger partial charge in [-0.15, -0.1) is 0 Å². The Labute approximate surface area is 128 Å². The Kier molecular flexibility index (Phi) is 4.41. The monoisotopic (exact) mass is 326 g/mol. The standard InChI is InChI=1S/C14H15ClN2O3S/c1-9(17-11-4-7-14(18)13(15)8-11)10-2-5-12(6-3-10)21(16,19)20/h2-9,17-18H,1H3,(H2,16,19,20). The fraction of sp³-hybridized carbons (Fsp3) is 0.143. The summed E-state index contributed by atoms with van der Waals surface area (Å²) in [6.45, 7) is 1.92. The number of phenolic OH excluding ortho intramolecular Hbond substituents is 1. The van der Waals surface area contributed by atoms with Crippen molar-refractivity contribution in [2.45, 2.75) is 17.9 Å². The molecule has 2 aromatic rings. The lowest BCUT2D eigenvalue weighted by molar-refractivity contribution is 0.475. The minimum absolute atomic E-state index is 0.0207. The van der Waals surface area contributed by atoms with Gasteiger partial charge in [0.05, 0.1) is 9.92 Å². The molecule has 0 radical (unpaired) electrons. The molecule has 0 saturated carbocycles. The van der Waals surface area contributed by atoms with Gasteiger partial charge in [0.1, 0.15) is 5.75 Å². The van der Waals surface area contributed by atoms with Crippen LogP contribution >= 0.6 is 11.6 Å². The Morgan fingerprint density at radius 2 is 1.81 bits per heavy atom. The number of primary sulfonamides is 1. The zero-order chi connectivity index (χ0) is 15.6. The van der Waals surface area contributed by atoms with Crippen LogP contribution in [0.4, 0.5) is 5.69 Å². The predicted molar refractivity (Wildman–Crippen MR) is 83.0 cm³/mol. The molecule has 0 bridgehead atoms. The Morgan fingerprint density at radius 3 is 2.33 bits per heavy atom. The summed E-state index contributed by atoms with van der Waals surface area (Å²) in [6.07, 6.45) is 0. The average molecular weight is 327 g/mol. The summed E-state index contributed by atoms with van der Waals surface area (Å²) >= 11 is 5.84. The van der Waals surface area contributed by atoms with Crippen molar-refractivity contribution in [3.05, 3.63) is 53.1 Å². The first-order valence-corrected chi connectivity index (χ1v) is 8.07. The molecule has 2 aromatic carbocycles. The van der Waals surface area contributed by atoms with Crippen LogP contribution in [-0.2, 0) is 10.0 Å². The van der Waals surface area contributed by atoms with E-state index in [0.29, 0.717) is 0 Å².